The zero-order valence-electron chi connectivity index (χ0n) is 16.1. The number of nitrogens with one attached hydrogen (secondary N) is 2. The maximum atomic E-state index is 12.3. The van der Waals surface area contributed by atoms with Crippen LogP contribution in [-0.2, 0) is 0 Å². The van der Waals surface area contributed by atoms with Gasteiger partial charge in [0.05, 0.1) is 12.3 Å². The van der Waals surface area contributed by atoms with Crippen LogP contribution in [0, 0.1) is 0 Å². The quantitative estimate of drug-likeness (QED) is 0.232. The van der Waals surface area contributed by atoms with Crippen LogP contribution in [0.15, 0.2) is 63.7 Å². The van der Waals surface area contributed by atoms with E-state index in [1.807, 2.05) is 6.07 Å². The van der Waals surface area contributed by atoms with Gasteiger partial charge in [-0.15, -0.1) is 5.10 Å². The normalized spacial score (nSPS) is 11.7. The van der Waals surface area contributed by atoms with E-state index in [0.717, 1.165) is 5.56 Å². The molecule has 10 N–H and O–H groups in total. The molecule has 0 radical (unpaired) electrons. The first-order valence-corrected chi connectivity index (χ1v) is 8.81. The predicted octanol–water partition coefficient (Wildman–Crippen LogP) is 0.992. The molecule has 29 heavy (non-hydrogen) atoms. The van der Waals surface area contributed by atoms with Gasteiger partial charge in [0.15, 0.2) is 0 Å². The number of urea groups is 1. The predicted molar refractivity (Wildman–Crippen MR) is 118 cm³/mol. The summed E-state index contributed by atoms with van der Waals surface area (Å²) in [5, 5.41) is 13.1. The second-order valence-corrected chi connectivity index (χ2v) is 6.01. The Morgan fingerprint density at radius 2 is 1.52 bits per heavy atom. The van der Waals surface area contributed by atoms with Gasteiger partial charge in [0.1, 0.15) is 5.84 Å². The van der Waals surface area contributed by atoms with Crippen LogP contribution in [0.1, 0.15) is 18.1 Å². The third-order valence-corrected chi connectivity index (χ3v) is 3.68. The highest BCUT2D eigenvalue weighted by atomic mass is 16.2. The minimum Gasteiger partial charge on any atom is -0.384 e. The highest BCUT2D eigenvalue weighted by Gasteiger charge is 2.06. The topological polar surface area (TPSA) is 182 Å². The molecular weight excluding hydrogens is 370 g/mol. The number of amides is 2. The molecule has 2 amide bonds. The zero-order chi connectivity index (χ0) is 21.2. The summed E-state index contributed by atoms with van der Waals surface area (Å²) in [4.78, 5) is 16.5. The molecule has 0 saturated heterocycles. The minimum absolute atomic E-state index is 0.131. The molecule has 0 atom stereocenters. The molecule has 2 aromatic rings. The summed E-state index contributed by atoms with van der Waals surface area (Å²) in [7, 11) is 0. The van der Waals surface area contributed by atoms with Gasteiger partial charge < -0.3 is 33.6 Å². The summed E-state index contributed by atoms with van der Waals surface area (Å²) in [5.41, 5.74) is 25.1. The molecule has 10 heteroatoms. The van der Waals surface area contributed by atoms with Crippen LogP contribution >= 0.6 is 0 Å². The second-order valence-electron chi connectivity index (χ2n) is 6.01. The van der Waals surface area contributed by atoms with E-state index in [2.05, 4.69) is 25.8 Å². The first-order chi connectivity index (χ1) is 13.9. The van der Waals surface area contributed by atoms with E-state index in [4.69, 9.17) is 22.9 Å². The Kier molecular flexibility index (Phi) is 7.68. The molecule has 2 aromatic carbocycles. The van der Waals surface area contributed by atoms with Crippen molar-refractivity contribution in [2.24, 2.45) is 38.1 Å². The smallest absolute Gasteiger partial charge is 0.323 e. The maximum Gasteiger partial charge on any atom is 0.323 e. The fourth-order valence-electron chi connectivity index (χ4n) is 2.34. The lowest BCUT2D eigenvalue weighted by atomic mass is 10.1. The van der Waals surface area contributed by atoms with E-state index in [9.17, 15) is 4.79 Å². The number of nitrogens with two attached hydrogens (primary N) is 4. The molecule has 0 aliphatic carbocycles. The third-order valence-electron chi connectivity index (χ3n) is 3.68. The molecule has 0 saturated carbocycles. The van der Waals surface area contributed by atoms with Gasteiger partial charge in [-0.25, -0.2) is 4.79 Å². The fraction of sp³-hybridized carbons (Fsp3) is 0.158. The van der Waals surface area contributed by atoms with Crippen molar-refractivity contribution in [3.63, 3.8) is 0 Å². The van der Waals surface area contributed by atoms with E-state index in [0.29, 0.717) is 41.6 Å². The molecular formula is C19H25N9O. The summed E-state index contributed by atoms with van der Waals surface area (Å²) in [5.74, 6) is 0.233. The van der Waals surface area contributed by atoms with Crippen LogP contribution in [0.25, 0.3) is 0 Å². The Bertz CT molecular complexity index is 946. The number of rotatable bonds is 7. The van der Waals surface area contributed by atoms with Crippen LogP contribution in [-0.4, -0.2) is 36.6 Å². The highest BCUT2D eigenvalue weighted by molar-refractivity contribution is 6.04. The minimum atomic E-state index is -0.407. The van der Waals surface area contributed by atoms with Crippen molar-refractivity contribution in [2.45, 2.75) is 6.92 Å². The summed E-state index contributed by atoms with van der Waals surface area (Å²) in [6, 6.07) is 13.8. The summed E-state index contributed by atoms with van der Waals surface area (Å²) >= 11 is 0. The maximum absolute atomic E-state index is 12.3. The molecule has 0 fully saturated rings. The Balaban J connectivity index is 2.07. The van der Waals surface area contributed by atoms with Gasteiger partial charge in [0.25, 0.3) is 0 Å². The van der Waals surface area contributed by atoms with E-state index in [1.165, 1.54) is 0 Å². The molecule has 152 valence electrons. The van der Waals surface area contributed by atoms with Gasteiger partial charge >= 0.3 is 6.03 Å². The van der Waals surface area contributed by atoms with Crippen molar-refractivity contribution in [3.05, 3.63) is 59.7 Å². The van der Waals surface area contributed by atoms with Crippen LogP contribution < -0.4 is 33.6 Å². The molecule has 10 nitrogen and oxygen atoms in total. The molecule has 0 aliphatic heterocycles. The van der Waals surface area contributed by atoms with E-state index >= 15 is 0 Å². The lowest BCUT2D eigenvalue weighted by molar-refractivity contribution is 0.262. The number of amidine groups is 1. The number of benzene rings is 2. The number of hydrogen-bond acceptors (Lipinski definition) is 5. The number of carbonyl (C=O) groups is 1. The summed E-state index contributed by atoms with van der Waals surface area (Å²) in [6.45, 7) is 2.61. The average molecular weight is 395 g/mol. The summed E-state index contributed by atoms with van der Waals surface area (Å²) in [6.07, 6.45) is 0. The van der Waals surface area contributed by atoms with E-state index < -0.39 is 6.03 Å². The average Bonchev–Trinajstić information content (AvgIpc) is 2.70. The number of hydrogen-bond donors (Lipinski definition) is 6. The van der Waals surface area contributed by atoms with Crippen molar-refractivity contribution >= 4 is 34.9 Å². The Morgan fingerprint density at radius 3 is 2.10 bits per heavy atom. The van der Waals surface area contributed by atoms with Gasteiger partial charge in [-0.2, -0.15) is 5.10 Å². The van der Waals surface area contributed by atoms with Gasteiger partial charge in [0, 0.05) is 23.5 Å². The van der Waals surface area contributed by atoms with Crippen molar-refractivity contribution in [1.82, 2.24) is 0 Å². The lowest BCUT2D eigenvalue weighted by Crippen LogP contribution is -2.22. The fourth-order valence-corrected chi connectivity index (χ4v) is 2.34. The number of guanidine groups is 1. The van der Waals surface area contributed by atoms with Crippen LogP contribution in [0.3, 0.4) is 0 Å². The van der Waals surface area contributed by atoms with Crippen LogP contribution in [0.2, 0.25) is 0 Å². The Hall–Kier alpha value is -3.92. The number of nitrogens with zero attached hydrogens (tertiary/aromatic N) is 3. The zero-order valence-corrected chi connectivity index (χ0v) is 16.1. The van der Waals surface area contributed by atoms with Gasteiger partial charge in [-0.05, 0) is 36.8 Å². The summed E-state index contributed by atoms with van der Waals surface area (Å²) < 4.78 is 0. The van der Waals surface area contributed by atoms with Gasteiger partial charge in [-0.1, -0.05) is 24.3 Å². The SMILES string of the molecule is C/C(=N\N=C(N)N)c1cccc(NC(=O)Nc2cccc(C(N)=NCCN)c2)c1. The van der Waals surface area contributed by atoms with E-state index in [-0.39, 0.29) is 5.96 Å². The Morgan fingerprint density at radius 1 is 0.931 bits per heavy atom. The molecule has 0 aliphatic rings. The molecule has 2 rings (SSSR count). The van der Waals surface area contributed by atoms with Crippen molar-refractivity contribution < 1.29 is 4.79 Å². The standard InChI is InChI=1S/C19H25N9O/c1-12(27-28-18(22)23)13-4-2-6-15(10-13)25-19(29)26-16-7-3-5-14(11-16)17(21)24-9-8-20/h2-7,10-11H,8-9,20H2,1H3,(H2,21,24)(H4,22,23,28)(H2,25,26,29)/b27-12+. The molecule has 0 aromatic heterocycles. The first-order valence-electron chi connectivity index (χ1n) is 8.81. The number of aliphatic imine (C=N–C) groups is 1. The van der Waals surface area contributed by atoms with Gasteiger partial charge in [0.2, 0.25) is 5.96 Å². The van der Waals surface area contributed by atoms with Gasteiger partial charge in [-0.3, -0.25) is 4.99 Å². The first kappa shape index (κ1) is 21.4. The van der Waals surface area contributed by atoms with Crippen molar-refractivity contribution in [2.75, 3.05) is 23.7 Å². The lowest BCUT2D eigenvalue weighted by Gasteiger charge is -2.10. The number of anilines is 2. The third kappa shape index (κ3) is 6.96. The monoisotopic (exact) mass is 395 g/mol. The second kappa shape index (κ2) is 10.4. The molecule has 0 bridgehead atoms. The molecule has 0 unspecified atom stereocenters. The Labute approximate surface area is 168 Å². The molecule has 0 spiro atoms. The largest absolute Gasteiger partial charge is 0.384 e. The van der Waals surface area contributed by atoms with Crippen molar-refractivity contribution in [3.8, 4) is 0 Å². The van der Waals surface area contributed by atoms with Crippen molar-refractivity contribution in [1.29, 1.82) is 0 Å². The number of carbonyl (C=O) groups excluding carboxylic acids is 1. The van der Waals surface area contributed by atoms with E-state index in [1.54, 1.807) is 49.4 Å². The molecule has 0 heterocycles. The van der Waals surface area contributed by atoms with Crippen LogP contribution in [0.5, 0.6) is 0 Å². The van der Waals surface area contributed by atoms with Crippen LogP contribution in [0.4, 0.5) is 16.2 Å². The highest BCUT2D eigenvalue weighted by Crippen LogP contribution is 2.14.